The minimum absolute atomic E-state index is 0.0614. The van der Waals surface area contributed by atoms with E-state index in [9.17, 15) is 9.90 Å². The summed E-state index contributed by atoms with van der Waals surface area (Å²) >= 11 is 5.40. The number of ether oxygens (including phenoxy) is 1. The molecule has 1 amide bonds. The molecule has 0 aliphatic rings. The van der Waals surface area contributed by atoms with Crippen molar-refractivity contribution in [1.82, 2.24) is 5.43 Å². The highest BCUT2D eigenvalue weighted by molar-refractivity contribution is 14.1. The number of carbonyl (C=O) groups is 1. The third-order valence-corrected chi connectivity index (χ3v) is 4.43. The van der Waals surface area contributed by atoms with Gasteiger partial charge in [0.05, 0.1) is 14.3 Å². The van der Waals surface area contributed by atoms with Crippen molar-refractivity contribution < 1.29 is 14.6 Å². The molecule has 0 heterocycles. The Morgan fingerprint density at radius 2 is 2.17 bits per heavy atom. The molecular formula is C17H14BrIN2O3. The first kappa shape index (κ1) is 18.5. The van der Waals surface area contributed by atoms with E-state index in [4.69, 9.17) is 4.74 Å². The highest BCUT2D eigenvalue weighted by Gasteiger charge is 2.07. The SMILES string of the molecule is C=CCOc1ccc(/C=N\NC(=O)c2ccc(I)c(O)c2)cc1Br. The zero-order valence-corrected chi connectivity index (χ0v) is 16.2. The fraction of sp³-hybridized carbons (Fsp3) is 0.0588. The number of phenols is 1. The minimum atomic E-state index is -0.400. The summed E-state index contributed by atoms with van der Waals surface area (Å²) in [6.07, 6.45) is 3.19. The Morgan fingerprint density at radius 3 is 2.83 bits per heavy atom. The number of rotatable bonds is 6. The van der Waals surface area contributed by atoms with Gasteiger partial charge in [0.25, 0.3) is 5.91 Å². The summed E-state index contributed by atoms with van der Waals surface area (Å²) in [5.74, 6) is 0.361. The van der Waals surface area contributed by atoms with Gasteiger partial charge in [-0.3, -0.25) is 4.79 Å². The second kappa shape index (κ2) is 8.84. The average molecular weight is 501 g/mol. The van der Waals surface area contributed by atoms with Crippen LogP contribution in [-0.4, -0.2) is 23.8 Å². The van der Waals surface area contributed by atoms with Crippen LogP contribution in [0.25, 0.3) is 0 Å². The van der Waals surface area contributed by atoms with Gasteiger partial charge in [0.1, 0.15) is 18.1 Å². The van der Waals surface area contributed by atoms with Gasteiger partial charge in [0, 0.05) is 5.56 Å². The number of nitrogens with one attached hydrogen (secondary N) is 1. The monoisotopic (exact) mass is 500 g/mol. The summed E-state index contributed by atoms with van der Waals surface area (Å²) in [6, 6.07) is 10.1. The Labute approximate surface area is 161 Å². The van der Waals surface area contributed by atoms with E-state index < -0.39 is 5.91 Å². The van der Waals surface area contributed by atoms with Gasteiger partial charge in [-0.25, -0.2) is 5.43 Å². The molecule has 5 nitrogen and oxygen atoms in total. The quantitative estimate of drug-likeness (QED) is 0.271. The maximum Gasteiger partial charge on any atom is 0.271 e. The number of benzene rings is 2. The molecule has 124 valence electrons. The van der Waals surface area contributed by atoms with Crippen LogP contribution in [-0.2, 0) is 0 Å². The number of phenolic OH excluding ortho intramolecular Hbond substituents is 1. The Morgan fingerprint density at radius 1 is 1.38 bits per heavy atom. The molecule has 0 saturated carbocycles. The van der Waals surface area contributed by atoms with Crippen LogP contribution in [0.3, 0.4) is 0 Å². The molecule has 0 aliphatic carbocycles. The molecule has 0 radical (unpaired) electrons. The zero-order valence-electron chi connectivity index (χ0n) is 12.5. The molecule has 2 aromatic rings. The van der Waals surface area contributed by atoms with Crippen molar-refractivity contribution >= 4 is 50.6 Å². The van der Waals surface area contributed by atoms with E-state index in [2.05, 4.69) is 33.0 Å². The second-order valence-corrected chi connectivity index (χ2v) is 6.67. The summed E-state index contributed by atoms with van der Waals surface area (Å²) in [7, 11) is 0. The summed E-state index contributed by atoms with van der Waals surface area (Å²) in [6.45, 7) is 4.02. The standard InChI is InChI=1S/C17H14BrIN2O3/c1-2-7-24-16-6-3-11(8-13(16)18)10-20-21-17(23)12-4-5-14(19)15(22)9-12/h2-6,8-10,22H,1,7H2,(H,21,23)/b20-10-. The molecular weight excluding hydrogens is 487 g/mol. The molecule has 0 spiro atoms. The molecule has 0 fully saturated rings. The maximum atomic E-state index is 12.0. The molecule has 0 aliphatic heterocycles. The van der Waals surface area contributed by atoms with Crippen LogP contribution in [0, 0.1) is 3.57 Å². The number of amides is 1. The van der Waals surface area contributed by atoms with Crippen LogP contribution < -0.4 is 10.2 Å². The largest absolute Gasteiger partial charge is 0.507 e. The third-order valence-electron chi connectivity index (χ3n) is 2.90. The molecule has 24 heavy (non-hydrogen) atoms. The van der Waals surface area contributed by atoms with Gasteiger partial charge in [-0.15, -0.1) is 0 Å². The van der Waals surface area contributed by atoms with Crippen molar-refractivity contribution in [2.24, 2.45) is 5.10 Å². The topological polar surface area (TPSA) is 70.9 Å². The lowest BCUT2D eigenvalue weighted by Gasteiger charge is -2.06. The van der Waals surface area contributed by atoms with E-state index in [0.717, 1.165) is 10.0 Å². The fourth-order valence-corrected chi connectivity index (χ4v) is 2.59. The van der Waals surface area contributed by atoms with Crippen molar-refractivity contribution in [2.75, 3.05) is 6.61 Å². The van der Waals surface area contributed by atoms with Crippen molar-refractivity contribution in [3.8, 4) is 11.5 Å². The number of aromatic hydroxyl groups is 1. The van der Waals surface area contributed by atoms with Gasteiger partial charge in [-0.2, -0.15) is 5.10 Å². The lowest BCUT2D eigenvalue weighted by atomic mass is 10.2. The lowest BCUT2D eigenvalue weighted by Crippen LogP contribution is -2.17. The Kier molecular flexibility index (Phi) is 6.80. The summed E-state index contributed by atoms with van der Waals surface area (Å²) < 4.78 is 6.92. The Bertz CT molecular complexity index is 793. The lowest BCUT2D eigenvalue weighted by molar-refractivity contribution is 0.0954. The minimum Gasteiger partial charge on any atom is -0.507 e. The number of hydrogen-bond acceptors (Lipinski definition) is 4. The smallest absolute Gasteiger partial charge is 0.271 e. The van der Waals surface area contributed by atoms with Crippen molar-refractivity contribution in [1.29, 1.82) is 0 Å². The predicted octanol–water partition coefficient (Wildman–Crippen LogP) is 4.09. The van der Waals surface area contributed by atoms with E-state index in [1.54, 1.807) is 24.3 Å². The van der Waals surface area contributed by atoms with Gasteiger partial charge in [0.2, 0.25) is 0 Å². The molecule has 0 atom stereocenters. The highest BCUT2D eigenvalue weighted by Crippen LogP contribution is 2.25. The van der Waals surface area contributed by atoms with Gasteiger partial charge in [-0.05, 0) is 80.5 Å². The molecule has 2 rings (SSSR count). The van der Waals surface area contributed by atoms with Crippen molar-refractivity contribution in [2.45, 2.75) is 0 Å². The molecule has 0 aromatic heterocycles. The normalized spacial score (nSPS) is 10.6. The van der Waals surface area contributed by atoms with Gasteiger partial charge in [-0.1, -0.05) is 12.7 Å². The Hall–Kier alpha value is -1.87. The van der Waals surface area contributed by atoms with Crippen molar-refractivity contribution in [3.63, 3.8) is 0 Å². The predicted molar refractivity (Wildman–Crippen MR) is 106 cm³/mol. The number of halogens is 2. The molecule has 0 unspecified atom stereocenters. The molecule has 0 bridgehead atoms. The van der Waals surface area contributed by atoms with Gasteiger partial charge < -0.3 is 9.84 Å². The first-order chi connectivity index (χ1) is 11.5. The van der Waals surface area contributed by atoms with Crippen molar-refractivity contribution in [3.05, 3.63) is 68.2 Å². The van der Waals surface area contributed by atoms with Crippen LogP contribution in [0.4, 0.5) is 0 Å². The van der Waals surface area contributed by atoms with Crippen LogP contribution in [0.5, 0.6) is 11.5 Å². The highest BCUT2D eigenvalue weighted by atomic mass is 127. The fourth-order valence-electron chi connectivity index (χ4n) is 1.75. The van der Waals surface area contributed by atoms with E-state index in [-0.39, 0.29) is 5.75 Å². The third kappa shape index (κ3) is 5.07. The van der Waals surface area contributed by atoms with Crippen LogP contribution in [0.15, 0.2) is 58.6 Å². The van der Waals surface area contributed by atoms with Crippen LogP contribution in [0.1, 0.15) is 15.9 Å². The summed E-state index contributed by atoms with van der Waals surface area (Å²) in [5, 5.41) is 13.5. The number of hydrazone groups is 1. The van der Waals surface area contributed by atoms with E-state index in [1.165, 1.54) is 12.3 Å². The Balaban J connectivity index is 2.00. The van der Waals surface area contributed by atoms with E-state index >= 15 is 0 Å². The first-order valence-electron chi connectivity index (χ1n) is 6.86. The van der Waals surface area contributed by atoms with Gasteiger partial charge >= 0.3 is 0 Å². The van der Waals surface area contributed by atoms with E-state index in [0.29, 0.717) is 21.5 Å². The van der Waals surface area contributed by atoms with Crippen LogP contribution in [0.2, 0.25) is 0 Å². The van der Waals surface area contributed by atoms with Crippen LogP contribution >= 0.6 is 38.5 Å². The molecule has 2 aromatic carbocycles. The number of nitrogens with zero attached hydrogens (tertiary/aromatic N) is 1. The molecule has 2 N–H and O–H groups in total. The van der Waals surface area contributed by atoms with E-state index in [1.807, 2.05) is 34.7 Å². The average Bonchev–Trinajstić information content (AvgIpc) is 2.56. The number of carbonyl (C=O) groups excluding carboxylic acids is 1. The molecule has 7 heteroatoms. The maximum absolute atomic E-state index is 12.0. The summed E-state index contributed by atoms with van der Waals surface area (Å²) in [4.78, 5) is 12.0. The molecule has 0 saturated heterocycles. The first-order valence-corrected chi connectivity index (χ1v) is 8.73. The second-order valence-electron chi connectivity index (χ2n) is 4.65. The number of hydrogen-bond donors (Lipinski definition) is 2. The van der Waals surface area contributed by atoms with Gasteiger partial charge in [0.15, 0.2) is 0 Å². The zero-order chi connectivity index (χ0) is 17.5. The summed E-state index contributed by atoms with van der Waals surface area (Å²) in [5.41, 5.74) is 3.54.